The second kappa shape index (κ2) is 16.3. The molecule has 0 saturated carbocycles. The first-order chi connectivity index (χ1) is 16.3. The number of nitrogens with one attached hydrogen (secondary N) is 2. The number of guanidine groups is 1. The molecule has 15 N–H and O–H groups in total. The van der Waals surface area contributed by atoms with E-state index in [0.717, 1.165) is 0 Å². The smallest absolute Gasteiger partial charge is 0.328 e. The molecule has 0 aromatic rings. The number of Topliss-reactive ketones (excluding diaryl/α,β-unsaturated/α-hetero) is 1. The van der Waals surface area contributed by atoms with Gasteiger partial charge in [0.25, 0.3) is 0 Å². The molecular weight excluding hydrogens is 468 g/mol. The number of carboxylic acid groups (broad SMARTS) is 2. The number of amides is 2. The third-order valence-electron chi connectivity index (χ3n) is 4.92. The van der Waals surface area contributed by atoms with E-state index in [2.05, 4.69) is 10.3 Å². The number of carbonyl (C=O) groups excluding carboxylic acids is 3. The van der Waals surface area contributed by atoms with Crippen molar-refractivity contribution in [2.45, 2.75) is 56.3 Å². The number of carbonyl (C=O) groups is 5. The van der Waals surface area contributed by atoms with Crippen molar-refractivity contribution < 1.29 is 39.3 Å². The second-order valence-corrected chi connectivity index (χ2v) is 7.84. The second-order valence-electron chi connectivity index (χ2n) is 7.84. The van der Waals surface area contributed by atoms with Crippen LogP contribution in [-0.4, -0.2) is 94.7 Å². The molecule has 0 heterocycles. The molecule has 0 bridgehead atoms. The highest BCUT2D eigenvalue weighted by Crippen LogP contribution is 2.14. The van der Waals surface area contributed by atoms with Gasteiger partial charge >= 0.3 is 11.9 Å². The van der Waals surface area contributed by atoms with Crippen LogP contribution in [0.5, 0.6) is 0 Å². The molecule has 200 valence electrons. The van der Waals surface area contributed by atoms with E-state index < -0.39 is 72.6 Å². The van der Waals surface area contributed by atoms with E-state index in [0.29, 0.717) is 25.8 Å². The number of nitrogens with zero attached hydrogens (tertiary/aromatic N) is 1. The predicted molar refractivity (Wildman–Crippen MR) is 123 cm³/mol. The Labute approximate surface area is 201 Å². The molecule has 0 spiro atoms. The first-order valence-electron chi connectivity index (χ1n) is 10.8. The minimum atomic E-state index is -1.72. The lowest BCUT2D eigenvalue weighted by atomic mass is 9.89. The van der Waals surface area contributed by atoms with Gasteiger partial charge in [-0.1, -0.05) is 6.42 Å². The third kappa shape index (κ3) is 12.6. The van der Waals surface area contributed by atoms with Gasteiger partial charge < -0.3 is 54.6 Å². The van der Waals surface area contributed by atoms with E-state index in [1.54, 1.807) is 0 Å². The Hall–Kier alpha value is -3.34. The highest BCUT2D eigenvalue weighted by molar-refractivity contribution is 5.94. The fourth-order valence-electron chi connectivity index (χ4n) is 2.98. The molecule has 35 heavy (non-hydrogen) atoms. The van der Waals surface area contributed by atoms with Crippen molar-refractivity contribution in [3.05, 3.63) is 0 Å². The van der Waals surface area contributed by atoms with Crippen LogP contribution in [0.15, 0.2) is 4.99 Å². The Morgan fingerprint density at radius 1 is 0.886 bits per heavy atom. The molecular formula is C19H36N8O8. The van der Waals surface area contributed by atoms with Crippen LogP contribution in [0, 0.1) is 5.92 Å². The number of aliphatic imine (C=N–C) groups is 1. The number of carboxylic acids is 2. The number of rotatable bonds is 18. The van der Waals surface area contributed by atoms with Crippen molar-refractivity contribution in [3.8, 4) is 0 Å². The van der Waals surface area contributed by atoms with Gasteiger partial charge in [0.15, 0.2) is 11.7 Å². The normalized spacial score (nSPS) is 15.1. The van der Waals surface area contributed by atoms with Crippen LogP contribution in [-0.2, 0) is 24.0 Å². The lowest BCUT2D eigenvalue weighted by Crippen LogP contribution is -2.56. The van der Waals surface area contributed by atoms with Gasteiger partial charge in [-0.05, 0) is 25.8 Å². The summed E-state index contributed by atoms with van der Waals surface area (Å²) in [4.78, 5) is 63.6. The average Bonchev–Trinajstić information content (AvgIpc) is 2.78. The number of hydrogen-bond donors (Lipinski definition) is 10. The van der Waals surface area contributed by atoms with Gasteiger partial charge in [0, 0.05) is 5.92 Å². The maximum Gasteiger partial charge on any atom is 0.328 e. The van der Waals surface area contributed by atoms with Crippen molar-refractivity contribution in [2.24, 2.45) is 39.6 Å². The number of hydrogen-bond acceptors (Lipinski definition) is 10. The summed E-state index contributed by atoms with van der Waals surface area (Å²) < 4.78 is 0. The Morgan fingerprint density at radius 3 is 1.97 bits per heavy atom. The molecule has 0 aromatic carbocycles. The standard InChI is InChI=1S/C19H36N8O8/c20-4-2-1-3-10(21)15(31)9(7-25-19(23)24)5-11(22)16(32)26-12(6-14(29)30)17(33)27-13(8-28)18(34)35/h9-13,28H,1-8,20-22H2,(H,26,32)(H,27,33)(H,29,30)(H,34,35)(H4,23,24,25). The van der Waals surface area contributed by atoms with Gasteiger partial charge in [-0.25, -0.2) is 4.79 Å². The molecule has 0 rings (SSSR count). The summed E-state index contributed by atoms with van der Waals surface area (Å²) in [5.74, 6) is -6.88. The van der Waals surface area contributed by atoms with E-state index in [1.165, 1.54) is 0 Å². The largest absolute Gasteiger partial charge is 0.481 e. The van der Waals surface area contributed by atoms with Gasteiger partial charge in [0.05, 0.1) is 31.7 Å². The SMILES string of the molecule is NCCCCC(N)C(=O)C(CN=C(N)N)CC(N)C(=O)NC(CC(=O)O)C(=O)NC(CO)C(=O)O. The molecule has 16 nitrogen and oxygen atoms in total. The maximum atomic E-state index is 12.8. The van der Waals surface area contributed by atoms with Crippen LogP contribution in [0.4, 0.5) is 0 Å². The van der Waals surface area contributed by atoms with Crippen molar-refractivity contribution in [1.82, 2.24) is 10.6 Å². The number of unbranched alkanes of at least 4 members (excludes halogenated alkanes) is 1. The quantitative estimate of drug-likeness (QED) is 0.0476. The first kappa shape index (κ1) is 31.7. The number of aliphatic hydroxyl groups is 1. The third-order valence-corrected chi connectivity index (χ3v) is 4.92. The lowest BCUT2D eigenvalue weighted by molar-refractivity contribution is -0.144. The Bertz CT molecular complexity index is 774. The summed E-state index contributed by atoms with van der Waals surface area (Å²) in [5.41, 5.74) is 27.9. The summed E-state index contributed by atoms with van der Waals surface area (Å²) in [6.07, 6.45) is 0.425. The maximum absolute atomic E-state index is 12.8. The van der Waals surface area contributed by atoms with E-state index in [4.69, 9.17) is 44.0 Å². The van der Waals surface area contributed by atoms with Crippen molar-refractivity contribution in [3.63, 3.8) is 0 Å². The number of ketones is 1. The molecule has 5 atom stereocenters. The monoisotopic (exact) mass is 504 g/mol. The molecule has 0 aliphatic heterocycles. The highest BCUT2D eigenvalue weighted by atomic mass is 16.4. The van der Waals surface area contributed by atoms with Crippen molar-refractivity contribution >= 4 is 35.5 Å². The van der Waals surface area contributed by atoms with Gasteiger partial charge in [0.2, 0.25) is 11.8 Å². The highest BCUT2D eigenvalue weighted by Gasteiger charge is 2.32. The minimum Gasteiger partial charge on any atom is -0.481 e. The molecule has 0 aliphatic carbocycles. The van der Waals surface area contributed by atoms with Crippen LogP contribution < -0.4 is 39.3 Å². The van der Waals surface area contributed by atoms with Crippen LogP contribution in [0.25, 0.3) is 0 Å². The fraction of sp³-hybridized carbons (Fsp3) is 0.684. The zero-order chi connectivity index (χ0) is 27.1. The van der Waals surface area contributed by atoms with Gasteiger partial charge in [-0.15, -0.1) is 0 Å². The lowest BCUT2D eigenvalue weighted by Gasteiger charge is -2.24. The average molecular weight is 505 g/mol. The molecule has 0 aliphatic rings. The zero-order valence-electron chi connectivity index (χ0n) is 19.3. The van der Waals surface area contributed by atoms with Crippen LogP contribution in [0.2, 0.25) is 0 Å². The first-order valence-corrected chi connectivity index (χ1v) is 10.8. The van der Waals surface area contributed by atoms with Crippen LogP contribution in [0.1, 0.15) is 32.1 Å². The van der Waals surface area contributed by atoms with E-state index in [9.17, 15) is 24.0 Å². The molecule has 0 fully saturated rings. The predicted octanol–water partition coefficient (Wildman–Crippen LogP) is -4.86. The Balaban J connectivity index is 5.43. The molecule has 0 radical (unpaired) electrons. The molecule has 0 aromatic heterocycles. The summed E-state index contributed by atoms with van der Waals surface area (Å²) >= 11 is 0. The van der Waals surface area contributed by atoms with E-state index in [1.807, 2.05) is 5.32 Å². The fourth-order valence-corrected chi connectivity index (χ4v) is 2.98. The van der Waals surface area contributed by atoms with Crippen LogP contribution >= 0.6 is 0 Å². The summed E-state index contributed by atoms with van der Waals surface area (Å²) in [6.45, 7) is -0.739. The van der Waals surface area contributed by atoms with Gasteiger partial charge in [-0.2, -0.15) is 0 Å². The topological polar surface area (TPSA) is 313 Å². The zero-order valence-corrected chi connectivity index (χ0v) is 19.3. The summed E-state index contributed by atoms with van der Waals surface area (Å²) in [5, 5.41) is 31.1. The van der Waals surface area contributed by atoms with E-state index >= 15 is 0 Å². The van der Waals surface area contributed by atoms with E-state index in [-0.39, 0.29) is 18.9 Å². The minimum absolute atomic E-state index is 0.206. The number of nitrogens with two attached hydrogens (primary N) is 5. The number of aliphatic carboxylic acids is 2. The number of aliphatic hydroxyl groups excluding tert-OH is 1. The van der Waals surface area contributed by atoms with Crippen LogP contribution in [0.3, 0.4) is 0 Å². The van der Waals surface area contributed by atoms with Crippen molar-refractivity contribution in [2.75, 3.05) is 19.7 Å². The Kier molecular flexibility index (Phi) is 14.8. The van der Waals surface area contributed by atoms with Gasteiger partial charge in [0.1, 0.15) is 12.1 Å². The van der Waals surface area contributed by atoms with Gasteiger partial charge in [-0.3, -0.25) is 24.2 Å². The Morgan fingerprint density at radius 2 is 1.49 bits per heavy atom. The van der Waals surface area contributed by atoms with Crippen molar-refractivity contribution in [1.29, 1.82) is 0 Å². The molecule has 2 amide bonds. The molecule has 16 heteroatoms. The molecule has 0 saturated heterocycles. The summed E-state index contributed by atoms with van der Waals surface area (Å²) in [7, 11) is 0. The molecule has 5 unspecified atom stereocenters. The summed E-state index contributed by atoms with van der Waals surface area (Å²) in [6, 6.07) is -5.70.